The van der Waals surface area contributed by atoms with Crippen LogP contribution in [0.2, 0.25) is 0 Å². The van der Waals surface area contributed by atoms with Crippen LogP contribution in [-0.2, 0) is 11.3 Å². The smallest absolute Gasteiger partial charge is 0.341 e. The molecular weight excluding hydrogens is 348 g/mol. The van der Waals surface area contributed by atoms with E-state index in [-0.39, 0.29) is 12.5 Å². The molecule has 1 aromatic carbocycles. The summed E-state index contributed by atoms with van der Waals surface area (Å²) in [5, 5.41) is 7.70. The Morgan fingerprint density at radius 2 is 2.15 bits per heavy atom. The minimum absolute atomic E-state index is 0.164. The number of esters is 1. The third-order valence-electron chi connectivity index (χ3n) is 4.30. The fourth-order valence-electron chi connectivity index (χ4n) is 2.92. The number of hydrogen-bond donors (Lipinski definition) is 1. The number of nitrogens with zero attached hydrogens (tertiary/aromatic N) is 3. The van der Waals surface area contributed by atoms with Gasteiger partial charge in [-0.3, -0.25) is 4.79 Å². The Bertz CT molecular complexity index is 1180. The molecule has 0 atom stereocenters. The van der Waals surface area contributed by atoms with E-state index in [9.17, 15) is 9.59 Å². The Morgan fingerprint density at radius 3 is 2.96 bits per heavy atom. The number of nitrogens with one attached hydrogen (secondary N) is 1. The van der Waals surface area contributed by atoms with Crippen LogP contribution in [0.1, 0.15) is 32.0 Å². The molecule has 0 bridgehead atoms. The molecule has 0 unspecified atom stereocenters. The molecule has 27 heavy (non-hydrogen) atoms. The molecule has 1 amide bonds. The van der Waals surface area contributed by atoms with Crippen LogP contribution in [0.25, 0.3) is 16.6 Å². The molecule has 0 aliphatic rings. The summed E-state index contributed by atoms with van der Waals surface area (Å²) < 4.78 is 12.1. The van der Waals surface area contributed by atoms with Crippen LogP contribution in [0.3, 0.4) is 0 Å². The maximum Gasteiger partial charge on any atom is 0.341 e. The van der Waals surface area contributed by atoms with Crippen molar-refractivity contribution < 1.29 is 18.7 Å². The van der Waals surface area contributed by atoms with Gasteiger partial charge < -0.3 is 14.5 Å². The Hall–Kier alpha value is -3.68. The minimum Gasteiger partial charge on any atom is -0.465 e. The van der Waals surface area contributed by atoms with Gasteiger partial charge in [0.25, 0.3) is 5.91 Å². The van der Waals surface area contributed by atoms with Crippen molar-refractivity contribution in [3.8, 4) is 0 Å². The second-order valence-corrected chi connectivity index (χ2v) is 6.01. The van der Waals surface area contributed by atoms with Crippen molar-refractivity contribution in [3.05, 3.63) is 65.3 Å². The lowest BCUT2D eigenvalue weighted by Gasteiger charge is -2.02. The van der Waals surface area contributed by atoms with Crippen LogP contribution in [0.15, 0.2) is 47.3 Å². The molecule has 4 rings (SSSR count). The van der Waals surface area contributed by atoms with E-state index in [1.165, 1.54) is 17.8 Å². The first-order valence-electron chi connectivity index (χ1n) is 8.25. The summed E-state index contributed by atoms with van der Waals surface area (Å²) in [5.41, 5.74) is 2.61. The predicted octanol–water partition coefficient (Wildman–Crippen LogP) is 2.50. The third-order valence-corrected chi connectivity index (χ3v) is 4.30. The number of methoxy groups -OCH3 is 1. The molecule has 8 heteroatoms. The SMILES string of the molecule is COC(=O)c1ccc(C)c2cc(CNC(=O)c3cnn4cccnc34)oc12. The van der Waals surface area contributed by atoms with Crippen molar-refractivity contribution in [2.45, 2.75) is 13.5 Å². The number of fused-ring (bicyclic) bond motifs is 2. The zero-order chi connectivity index (χ0) is 19.0. The largest absolute Gasteiger partial charge is 0.465 e. The molecule has 0 fully saturated rings. The van der Waals surface area contributed by atoms with Crippen molar-refractivity contribution in [2.24, 2.45) is 0 Å². The highest BCUT2D eigenvalue weighted by molar-refractivity contribution is 6.03. The van der Waals surface area contributed by atoms with E-state index in [0.717, 1.165) is 10.9 Å². The van der Waals surface area contributed by atoms with Crippen LogP contribution in [0.5, 0.6) is 0 Å². The van der Waals surface area contributed by atoms with E-state index in [0.29, 0.717) is 28.1 Å². The zero-order valence-corrected chi connectivity index (χ0v) is 14.7. The first kappa shape index (κ1) is 16.8. The van der Waals surface area contributed by atoms with Gasteiger partial charge in [-0.25, -0.2) is 14.3 Å². The number of carbonyl (C=O) groups is 2. The van der Waals surface area contributed by atoms with Gasteiger partial charge >= 0.3 is 5.97 Å². The molecule has 8 nitrogen and oxygen atoms in total. The van der Waals surface area contributed by atoms with Crippen LogP contribution >= 0.6 is 0 Å². The van der Waals surface area contributed by atoms with Gasteiger partial charge in [0.1, 0.15) is 22.5 Å². The normalized spacial score (nSPS) is 11.0. The van der Waals surface area contributed by atoms with Crippen LogP contribution < -0.4 is 5.32 Å². The number of furan rings is 1. The molecule has 0 aliphatic carbocycles. The lowest BCUT2D eigenvalue weighted by molar-refractivity contribution is 0.0601. The molecule has 0 saturated carbocycles. The molecule has 0 radical (unpaired) electrons. The van der Waals surface area contributed by atoms with Gasteiger partial charge in [0, 0.05) is 17.8 Å². The maximum atomic E-state index is 12.5. The number of ether oxygens (including phenoxy) is 1. The summed E-state index contributed by atoms with van der Waals surface area (Å²) in [6.07, 6.45) is 4.79. The lowest BCUT2D eigenvalue weighted by Crippen LogP contribution is -2.22. The van der Waals surface area contributed by atoms with Gasteiger partial charge in [0.15, 0.2) is 5.65 Å². The van der Waals surface area contributed by atoms with Gasteiger partial charge in [0.05, 0.1) is 19.9 Å². The first-order chi connectivity index (χ1) is 13.1. The highest BCUT2D eigenvalue weighted by Crippen LogP contribution is 2.27. The van der Waals surface area contributed by atoms with Gasteiger partial charge in [-0.05, 0) is 30.7 Å². The zero-order valence-electron chi connectivity index (χ0n) is 14.7. The maximum absolute atomic E-state index is 12.5. The summed E-state index contributed by atoms with van der Waals surface area (Å²) in [6.45, 7) is 2.09. The second-order valence-electron chi connectivity index (χ2n) is 6.01. The Labute approximate surface area is 153 Å². The topological polar surface area (TPSA) is 98.7 Å². The summed E-state index contributed by atoms with van der Waals surface area (Å²) in [4.78, 5) is 28.6. The van der Waals surface area contributed by atoms with Gasteiger partial charge in [-0.2, -0.15) is 5.10 Å². The van der Waals surface area contributed by atoms with Gasteiger partial charge in [-0.1, -0.05) is 6.07 Å². The number of carbonyl (C=O) groups excluding carboxylic acids is 2. The standard InChI is InChI=1S/C19H16N4O4/c1-11-4-5-13(19(25)26-2)16-14(11)8-12(27-16)9-21-18(24)15-10-22-23-7-3-6-20-17(15)23/h3-8,10H,9H2,1-2H3,(H,21,24). The van der Waals surface area contributed by atoms with Gasteiger partial charge in [0.2, 0.25) is 0 Å². The predicted molar refractivity (Wildman–Crippen MR) is 96.4 cm³/mol. The van der Waals surface area contributed by atoms with Crippen molar-refractivity contribution >= 4 is 28.5 Å². The van der Waals surface area contributed by atoms with E-state index in [4.69, 9.17) is 9.15 Å². The Balaban J connectivity index is 1.59. The number of benzene rings is 1. The quantitative estimate of drug-likeness (QED) is 0.559. The highest BCUT2D eigenvalue weighted by Gasteiger charge is 2.18. The molecular formula is C19H16N4O4. The molecule has 4 aromatic rings. The van der Waals surface area contributed by atoms with Crippen LogP contribution in [-0.4, -0.2) is 33.6 Å². The Kier molecular flexibility index (Phi) is 4.08. The van der Waals surface area contributed by atoms with E-state index in [1.807, 2.05) is 19.1 Å². The Morgan fingerprint density at radius 1 is 1.30 bits per heavy atom. The number of aromatic nitrogens is 3. The molecule has 136 valence electrons. The van der Waals surface area contributed by atoms with Crippen molar-refractivity contribution in [1.29, 1.82) is 0 Å². The minimum atomic E-state index is -0.470. The number of hydrogen-bond acceptors (Lipinski definition) is 6. The molecule has 0 aliphatic heterocycles. The number of rotatable bonds is 4. The van der Waals surface area contributed by atoms with Crippen molar-refractivity contribution in [2.75, 3.05) is 7.11 Å². The lowest BCUT2D eigenvalue weighted by atomic mass is 10.1. The van der Waals surface area contributed by atoms with Crippen LogP contribution in [0, 0.1) is 6.92 Å². The molecule has 3 aromatic heterocycles. The summed E-state index contributed by atoms with van der Waals surface area (Å²) in [5.74, 6) is -0.251. The van der Waals surface area contributed by atoms with Crippen molar-refractivity contribution in [3.63, 3.8) is 0 Å². The molecule has 3 heterocycles. The second kappa shape index (κ2) is 6.56. The third kappa shape index (κ3) is 2.91. The van der Waals surface area contributed by atoms with Gasteiger partial charge in [-0.15, -0.1) is 0 Å². The van der Waals surface area contributed by atoms with E-state index in [1.54, 1.807) is 24.5 Å². The number of amides is 1. The average molecular weight is 364 g/mol. The molecule has 1 N–H and O–H groups in total. The number of aryl methyl sites for hydroxylation is 1. The monoisotopic (exact) mass is 364 g/mol. The first-order valence-corrected chi connectivity index (χ1v) is 8.25. The molecule has 0 spiro atoms. The average Bonchev–Trinajstić information content (AvgIpc) is 3.31. The van der Waals surface area contributed by atoms with Crippen LogP contribution in [0.4, 0.5) is 0 Å². The molecule has 0 saturated heterocycles. The fourth-order valence-corrected chi connectivity index (χ4v) is 2.92. The summed E-state index contributed by atoms with van der Waals surface area (Å²) in [7, 11) is 1.32. The van der Waals surface area contributed by atoms with Crippen molar-refractivity contribution in [1.82, 2.24) is 19.9 Å². The van der Waals surface area contributed by atoms with E-state index in [2.05, 4.69) is 15.4 Å². The fraction of sp³-hybridized carbons (Fsp3) is 0.158. The highest BCUT2D eigenvalue weighted by atomic mass is 16.5. The summed E-state index contributed by atoms with van der Waals surface area (Å²) in [6, 6.07) is 7.04. The van der Waals surface area contributed by atoms with E-state index < -0.39 is 5.97 Å². The van der Waals surface area contributed by atoms with E-state index >= 15 is 0 Å². The summed E-state index contributed by atoms with van der Waals surface area (Å²) >= 11 is 0.